The van der Waals surface area contributed by atoms with Crippen molar-refractivity contribution in [3.05, 3.63) is 0 Å². The highest BCUT2D eigenvalue weighted by Crippen LogP contribution is 2.27. The van der Waals surface area contributed by atoms with Gasteiger partial charge in [0.25, 0.3) is 0 Å². The summed E-state index contributed by atoms with van der Waals surface area (Å²) < 4.78 is 5.23. The van der Waals surface area contributed by atoms with E-state index >= 15 is 0 Å². The predicted octanol–water partition coefficient (Wildman–Crippen LogP) is 3.43. The van der Waals surface area contributed by atoms with Gasteiger partial charge in [0, 0.05) is 12.0 Å². The van der Waals surface area contributed by atoms with Crippen molar-refractivity contribution in [3.8, 4) is 0 Å². The van der Waals surface area contributed by atoms with Crippen LogP contribution in [0, 0.1) is 5.41 Å². The van der Waals surface area contributed by atoms with Crippen LogP contribution in [0.1, 0.15) is 53.9 Å². The van der Waals surface area contributed by atoms with Gasteiger partial charge >= 0.3 is 6.09 Å². The topological polar surface area (TPSA) is 58.6 Å². The lowest BCUT2D eigenvalue weighted by Gasteiger charge is -2.31. The highest BCUT2D eigenvalue weighted by Gasteiger charge is 2.28. The maximum atomic E-state index is 11.7. The van der Waals surface area contributed by atoms with Gasteiger partial charge in [0.05, 0.1) is 6.61 Å². The van der Waals surface area contributed by atoms with Gasteiger partial charge < -0.3 is 15.2 Å². The van der Waals surface area contributed by atoms with Gasteiger partial charge in [-0.05, 0) is 51.5 Å². The number of hydrogen-bond acceptors (Lipinski definition) is 4. The van der Waals surface area contributed by atoms with Gasteiger partial charge in [0.1, 0.15) is 5.60 Å². The van der Waals surface area contributed by atoms with E-state index in [1.807, 2.05) is 32.5 Å². The van der Waals surface area contributed by atoms with Gasteiger partial charge in [0.15, 0.2) is 0 Å². The second-order valence-electron chi connectivity index (χ2n) is 6.17. The van der Waals surface area contributed by atoms with Crippen LogP contribution in [0.15, 0.2) is 0 Å². The van der Waals surface area contributed by atoms with Crippen LogP contribution in [-0.4, -0.2) is 41.5 Å². The van der Waals surface area contributed by atoms with Crippen molar-refractivity contribution in [2.24, 2.45) is 5.41 Å². The summed E-state index contributed by atoms with van der Waals surface area (Å²) in [6.45, 7) is 10.3. The molecule has 20 heavy (non-hydrogen) atoms. The molecule has 0 aromatic rings. The Morgan fingerprint density at radius 1 is 1.30 bits per heavy atom. The maximum Gasteiger partial charge on any atom is 0.407 e. The highest BCUT2D eigenvalue weighted by molar-refractivity contribution is 7.99. The molecule has 0 bridgehead atoms. The molecule has 4 nitrogen and oxygen atoms in total. The highest BCUT2D eigenvalue weighted by atomic mass is 32.2. The number of rotatable bonds is 9. The monoisotopic (exact) mass is 305 g/mol. The summed E-state index contributed by atoms with van der Waals surface area (Å²) in [6, 6.07) is 0. The number of alkyl carbamates (subject to hydrolysis) is 1. The quantitative estimate of drug-likeness (QED) is 0.641. The van der Waals surface area contributed by atoms with E-state index in [2.05, 4.69) is 19.2 Å². The van der Waals surface area contributed by atoms with E-state index in [0.29, 0.717) is 6.54 Å². The zero-order valence-electron chi connectivity index (χ0n) is 13.6. The Bertz CT molecular complexity index is 273. The molecule has 0 aliphatic rings. The smallest absolute Gasteiger partial charge is 0.407 e. The number of carbonyl (C=O) groups excluding carboxylic acids is 1. The van der Waals surface area contributed by atoms with Crippen LogP contribution in [0.3, 0.4) is 0 Å². The summed E-state index contributed by atoms with van der Waals surface area (Å²) in [6.07, 6.45) is 2.41. The average molecular weight is 305 g/mol. The summed E-state index contributed by atoms with van der Waals surface area (Å²) >= 11 is 1.91. The Labute approximate surface area is 128 Å². The fourth-order valence-electron chi connectivity index (χ4n) is 1.90. The van der Waals surface area contributed by atoms with Crippen molar-refractivity contribution >= 4 is 17.9 Å². The molecule has 0 aliphatic heterocycles. The molecule has 0 aliphatic carbocycles. The lowest BCUT2D eigenvalue weighted by Crippen LogP contribution is -2.42. The molecule has 0 aromatic heterocycles. The molecule has 0 fully saturated rings. The van der Waals surface area contributed by atoms with Crippen LogP contribution in [0.5, 0.6) is 0 Å². The molecule has 5 heteroatoms. The van der Waals surface area contributed by atoms with E-state index in [4.69, 9.17) is 4.74 Å². The first-order chi connectivity index (χ1) is 9.28. The standard InChI is InChI=1S/C15H31NO3S/c1-6-15(12-17,9-8-10-20-7-2)11-16-13(18)19-14(3,4)5/h17H,6-12H2,1-5H3,(H,16,18). The molecule has 0 radical (unpaired) electrons. The Balaban J connectivity index is 4.27. The molecule has 1 unspecified atom stereocenters. The molecule has 0 spiro atoms. The number of ether oxygens (including phenoxy) is 1. The van der Waals surface area contributed by atoms with E-state index in [1.165, 1.54) is 0 Å². The van der Waals surface area contributed by atoms with Crippen LogP contribution in [-0.2, 0) is 4.74 Å². The first kappa shape index (κ1) is 19.6. The van der Waals surface area contributed by atoms with Crippen LogP contribution >= 0.6 is 11.8 Å². The summed E-state index contributed by atoms with van der Waals surface area (Å²) in [4.78, 5) is 11.7. The number of aliphatic hydroxyl groups excluding tert-OH is 1. The number of amides is 1. The third kappa shape index (κ3) is 8.69. The molecule has 1 amide bonds. The van der Waals surface area contributed by atoms with Gasteiger partial charge in [-0.15, -0.1) is 0 Å². The van der Waals surface area contributed by atoms with Gasteiger partial charge in [-0.25, -0.2) is 4.79 Å². The minimum Gasteiger partial charge on any atom is -0.444 e. The lowest BCUT2D eigenvalue weighted by molar-refractivity contribution is 0.0451. The molecule has 1 atom stereocenters. The molecule has 0 saturated carbocycles. The minimum absolute atomic E-state index is 0.0933. The Morgan fingerprint density at radius 2 is 1.95 bits per heavy atom. The summed E-state index contributed by atoms with van der Waals surface area (Å²) in [5.41, 5.74) is -0.721. The van der Waals surface area contributed by atoms with Crippen LogP contribution in [0.4, 0.5) is 4.79 Å². The number of hydrogen-bond donors (Lipinski definition) is 2. The summed E-state index contributed by atoms with van der Waals surface area (Å²) in [5, 5.41) is 12.5. The maximum absolute atomic E-state index is 11.7. The molecular formula is C15H31NO3S. The van der Waals surface area contributed by atoms with Crippen LogP contribution < -0.4 is 5.32 Å². The van der Waals surface area contributed by atoms with E-state index in [9.17, 15) is 9.90 Å². The molecule has 120 valence electrons. The van der Waals surface area contributed by atoms with E-state index < -0.39 is 11.7 Å². The average Bonchev–Trinajstić information content (AvgIpc) is 2.37. The van der Waals surface area contributed by atoms with Gasteiger partial charge in [-0.3, -0.25) is 0 Å². The van der Waals surface area contributed by atoms with Crippen molar-refractivity contribution in [1.29, 1.82) is 0 Å². The zero-order valence-corrected chi connectivity index (χ0v) is 14.4. The van der Waals surface area contributed by atoms with Crippen molar-refractivity contribution in [2.45, 2.75) is 59.5 Å². The third-order valence-electron chi connectivity index (χ3n) is 3.29. The fraction of sp³-hybridized carbons (Fsp3) is 0.933. The van der Waals surface area contributed by atoms with E-state index in [0.717, 1.165) is 30.8 Å². The Morgan fingerprint density at radius 3 is 2.40 bits per heavy atom. The fourth-order valence-corrected chi connectivity index (χ4v) is 2.54. The number of thioether (sulfide) groups is 1. The first-order valence-corrected chi connectivity index (χ1v) is 8.59. The van der Waals surface area contributed by atoms with Crippen molar-refractivity contribution < 1.29 is 14.6 Å². The van der Waals surface area contributed by atoms with Gasteiger partial charge in [-0.2, -0.15) is 11.8 Å². The first-order valence-electron chi connectivity index (χ1n) is 7.44. The number of carbonyl (C=O) groups is 1. The van der Waals surface area contributed by atoms with Crippen LogP contribution in [0.25, 0.3) is 0 Å². The summed E-state index contributed by atoms with van der Waals surface area (Å²) in [5.74, 6) is 2.22. The largest absolute Gasteiger partial charge is 0.444 e. The Hall–Kier alpha value is -0.420. The zero-order chi connectivity index (χ0) is 15.6. The minimum atomic E-state index is -0.490. The van der Waals surface area contributed by atoms with Gasteiger partial charge in [-0.1, -0.05) is 13.8 Å². The van der Waals surface area contributed by atoms with Gasteiger partial charge in [0.2, 0.25) is 0 Å². The second-order valence-corrected chi connectivity index (χ2v) is 7.56. The van der Waals surface area contributed by atoms with Crippen molar-refractivity contribution in [1.82, 2.24) is 5.32 Å². The molecule has 0 heterocycles. The Kier molecular flexibility index (Phi) is 9.30. The lowest BCUT2D eigenvalue weighted by atomic mass is 9.81. The normalized spacial score (nSPS) is 14.7. The molecule has 0 rings (SSSR count). The van der Waals surface area contributed by atoms with Crippen LogP contribution in [0.2, 0.25) is 0 Å². The molecule has 0 saturated heterocycles. The SMILES string of the molecule is CCSCCCC(CC)(CO)CNC(=O)OC(C)(C)C. The second kappa shape index (κ2) is 9.50. The molecule has 0 aromatic carbocycles. The predicted molar refractivity (Wildman–Crippen MR) is 86.3 cm³/mol. The van der Waals surface area contributed by atoms with Crippen molar-refractivity contribution in [3.63, 3.8) is 0 Å². The summed E-state index contributed by atoms with van der Waals surface area (Å²) in [7, 11) is 0. The molecular weight excluding hydrogens is 274 g/mol. The number of nitrogens with one attached hydrogen (secondary N) is 1. The molecule has 2 N–H and O–H groups in total. The van der Waals surface area contributed by atoms with E-state index in [1.54, 1.807) is 0 Å². The van der Waals surface area contributed by atoms with E-state index in [-0.39, 0.29) is 12.0 Å². The number of aliphatic hydroxyl groups is 1. The third-order valence-corrected chi connectivity index (χ3v) is 4.28. The van der Waals surface area contributed by atoms with Crippen molar-refractivity contribution in [2.75, 3.05) is 24.7 Å².